The molecule has 0 spiro atoms. The summed E-state index contributed by atoms with van der Waals surface area (Å²) in [5, 5.41) is 3.00. The van der Waals surface area contributed by atoms with E-state index in [1.807, 2.05) is 37.3 Å². The van der Waals surface area contributed by atoms with E-state index in [2.05, 4.69) is 10.2 Å². The highest BCUT2D eigenvalue weighted by Crippen LogP contribution is 2.18. The Morgan fingerprint density at radius 3 is 2.41 bits per heavy atom. The highest BCUT2D eigenvalue weighted by atomic mass is 35.5. The Labute approximate surface area is 145 Å². The Morgan fingerprint density at radius 1 is 1.23 bits per heavy atom. The quantitative estimate of drug-likeness (QED) is 0.830. The number of hydrogen-bond donors (Lipinski definition) is 2. The second-order valence-corrected chi connectivity index (χ2v) is 5.56. The topological polar surface area (TPSA) is 58.4 Å². The Bertz CT molecular complexity index is 425. The van der Waals surface area contributed by atoms with E-state index in [4.69, 9.17) is 5.73 Å². The number of benzene rings is 1. The Morgan fingerprint density at radius 2 is 1.82 bits per heavy atom. The zero-order valence-corrected chi connectivity index (χ0v) is 14.7. The summed E-state index contributed by atoms with van der Waals surface area (Å²) in [5.74, 6) is -0.170. The van der Waals surface area contributed by atoms with E-state index in [0.717, 1.165) is 25.2 Å². The van der Waals surface area contributed by atoms with Crippen molar-refractivity contribution < 1.29 is 4.79 Å². The Kier molecular flexibility index (Phi) is 10.4. The Balaban J connectivity index is 0.00000220. The smallest absolute Gasteiger partial charge is 0.224 e. The lowest BCUT2D eigenvalue weighted by atomic mass is 9.95. The summed E-state index contributed by atoms with van der Waals surface area (Å²) in [5.41, 5.74) is 7.17. The normalized spacial score (nSPS) is 17.0. The van der Waals surface area contributed by atoms with Crippen LogP contribution in [0.15, 0.2) is 30.3 Å². The first-order valence-corrected chi connectivity index (χ1v) is 7.49. The third kappa shape index (κ3) is 6.13. The van der Waals surface area contributed by atoms with Gasteiger partial charge in [0.15, 0.2) is 0 Å². The summed E-state index contributed by atoms with van der Waals surface area (Å²) >= 11 is 0. The van der Waals surface area contributed by atoms with Crippen LogP contribution in [0.2, 0.25) is 0 Å². The van der Waals surface area contributed by atoms with Crippen molar-refractivity contribution in [3.8, 4) is 0 Å². The van der Waals surface area contributed by atoms with Crippen molar-refractivity contribution in [2.45, 2.75) is 25.8 Å². The van der Waals surface area contributed by atoms with Crippen LogP contribution in [-0.2, 0) is 4.79 Å². The standard InChI is InChI=1S/C16H25N3O.2ClH/c1-13(15(17)14-7-3-2-4-8-14)16(20)18-9-12-19-10-5-6-11-19;;/h2-4,7-8,13,15H,5-6,9-12,17H2,1H3,(H,18,20);2*1H. The summed E-state index contributed by atoms with van der Waals surface area (Å²) in [6.07, 6.45) is 2.56. The highest BCUT2D eigenvalue weighted by Gasteiger charge is 2.22. The van der Waals surface area contributed by atoms with Crippen LogP contribution >= 0.6 is 24.8 Å². The number of carbonyl (C=O) groups excluding carboxylic acids is 1. The molecule has 1 saturated heterocycles. The number of nitrogens with zero attached hydrogens (tertiary/aromatic N) is 1. The number of carbonyl (C=O) groups is 1. The monoisotopic (exact) mass is 347 g/mol. The third-order valence-electron chi connectivity index (χ3n) is 4.06. The molecule has 0 aliphatic carbocycles. The molecular formula is C16H27Cl2N3O. The second-order valence-electron chi connectivity index (χ2n) is 5.56. The van der Waals surface area contributed by atoms with Gasteiger partial charge in [-0.2, -0.15) is 0 Å². The molecule has 0 radical (unpaired) electrons. The maximum atomic E-state index is 12.1. The van der Waals surface area contributed by atoms with Gasteiger partial charge in [-0.15, -0.1) is 24.8 Å². The lowest BCUT2D eigenvalue weighted by Gasteiger charge is -2.21. The van der Waals surface area contributed by atoms with Crippen LogP contribution in [0.4, 0.5) is 0 Å². The fourth-order valence-corrected chi connectivity index (χ4v) is 2.63. The average Bonchev–Trinajstić information content (AvgIpc) is 2.99. The summed E-state index contributed by atoms with van der Waals surface area (Å²) < 4.78 is 0. The van der Waals surface area contributed by atoms with Gasteiger partial charge in [0, 0.05) is 19.1 Å². The van der Waals surface area contributed by atoms with Crippen LogP contribution in [0, 0.1) is 5.92 Å². The molecule has 1 aliphatic rings. The predicted octanol–water partition coefficient (Wildman–Crippen LogP) is 2.38. The number of likely N-dealkylation sites (tertiary alicyclic amines) is 1. The fourth-order valence-electron chi connectivity index (χ4n) is 2.63. The van der Waals surface area contributed by atoms with Gasteiger partial charge in [0.2, 0.25) is 5.91 Å². The lowest BCUT2D eigenvalue weighted by Crippen LogP contribution is -2.39. The summed E-state index contributed by atoms with van der Waals surface area (Å²) in [7, 11) is 0. The Hall–Kier alpha value is -0.810. The van der Waals surface area contributed by atoms with Gasteiger partial charge in [0.05, 0.1) is 5.92 Å². The number of amides is 1. The molecule has 2 atom stereocenters. The zero-order chi connectivity index (χ0) is 14.4. The van der Waals surface area contributed by atoms with E-state index < -0.39 is 0 Å². The minimum atomic E-state index is -0.247. The lowest BCUT2D eigenvalue weighted by molar-refractivity contribution is -0.125. The third-order valence-corrected chi connectivity index (χ3v) is 4.06. The van der Waals surface area contributed by atoms with Crippen molar-refractivity contribution in [1.29, 1.82) is 0 Å². The number of hydrogen-bond acceptors (Lipinski definition) is 3. The largest absolute Gasteiger partial charge is 0.355 e. The molecule has 126 valence electrons. The number of nitrogens with two attached hydrogens (primary N) is 1. The van der Waals surface area contributed by atoms with Crippen LogP contribution < -0.4 is 11.1 Å². The van der Waals surface area contributed by atoms with Crippen LogP contribution in [0.5, 0.6) is 0 Å². The van der Waals surface area contributed by atoms with Crippen molar-refractivity contribution in [3.05, 3.63) is 35.9 Å². The van der Waals surface area contributed by atoms with Crippen LogP contribution in [0.25, 0.3) is 0 Å². The molecule has 6 heteroatoms. The molecule has 1 aromatic rings. The molecule has 1 fully saturated rings. The molecule has 0 saturated carbocycles. The van der Waals surface area contributed by atoms with Gasteiger partial charge in [0.25, 0.3) is 0 Å². The minimum absolute atomic E-state index is 0. The van der Waals surface area contributed by atoms with Crippen LogP contribution in [0.1, 0.15) is 31.4 Å². The predicted molar refractivity (Wildman–Crippen MR) is 95.7 cm³/mol. The van der Waals surface area contributed by atoms with Gasteiger partial charge in [0.1, 0.15) is 0 Å². The van der Waals surface area contributed by atoms with Crippen LogP contribution in [-0.4, -0.2) is 37.0 Å². The van der Waals surface area contributed by atoms with E-state index in [0.29, 0.717) is 6.54 Å². The number of halogens is 2. The molecular weight excluding hydrogens is 321 g/mol. The van der Waals surface area contributed by atoms with Gasteiger partial charge in [-0.05, 0) is 31.5 Å². The second kappa shape index (κ2) is 10.8. The van der Waals surface area contributed by atoms with E-state index in [9.17, 15) is 4.79 Å². The molecule has 1 amide bonds. The number of rotatable bonds is 6. The molecule has 0 bridgehead atoms. The molecule has 22 heavy (non-hydrogen) atoms. The molecule has 4 nitrogen and oxygen atoms in total. The summed E-state index contributed by atoms with van der Waals surface area (Å²) in [4.78, 5) is 14.5. The fraction of sp³-hybridized carbons (Fsp3) is 0.562. The van der Waals surface area contributed by atoms with Crippen molar-refractivity contribution >= 4 is 30.7 Å². The molecule has 1 aliphatic heterocycles. The molecule has 0 aromatic heterocycles. The van der Waals surface area contributed by atoms with Gasteiger partial charge in [-0.25, -0.2) is 0 Å². The van der Waals surface area contributed by atoms with Gasteiger partial charge >= 0.3 is 0 Å². The first-order chi connectivity index (χ1) is 9.68. The minimum Gasteiger partial charge on any atom is -0.355 e. The molecule has 2 rings (SSSR count). The first-order valence-electron chi connectivity index (χ1n) is 7.49. The van der Waals surface area contributed by atoms with E-state index in [1.54, 1.807) is 0 Å². The van der Waals surface area contributed by atoms with Crippen molar-refractivity contribution in [2.75, 3.05) is 26.2 Å². The average molecular weight is 348 g/mol. The van der Waals surface area contributed by atoms with Gasteiger partial charge < -0.3 is 16.0 Å². The summed E-state index contributed by atoms with van der Waals surface area (Å²) in [6, 6.07) is 9.55. The van der Waals surface area contributed by atoms with Crippen LogP contribution in [0.3, 0.4) is 0 Å². The zero-order valence-electron chi connectivity index (χ0n) is 13.0. The SMILES string of the molecule is CC(C(=O)NCCN1CCCC1)C(N)c1ccccc1.Cl.Cl. The maximum Gasteiger partial charge on any atom is 0.224 e. The van der Waals surface area contributed by atoms with Crippen molar-refractivity contribution in [1.82, 2.24) is 10.2 Å². The molecule has 2 unspecified atom stereocenters. The van der Waals surface area contributed by atoms with E-state index in [1.165, 1.54) is 12.8 Å². The molecule has 1 heterocycles. The van der Waals surface area contributed by atoms with E-state index >= 15 is 0 Å². The van der Waals surface area contributed by atoms with Gasteiger partial charge in [-0.1, -0.05) is 37.3 Å². The van der Waals surface area contributed by atoms with Crippen molar-refractivity contribution in [3.63, 3.8) is 0 Å². The highest BCUT2D eigenvalue weighted by molar-refractivity contribution is 5.85. The van der Waals surface area contributed by atoms with E-state index in [-0.39, 0.29) is 42.7 Å². The van der Waals surface area contributed by atoms with Gasteiger partial charge in [-0.3, -0.25) is 4.79 Å². The number of nitrogens with one attached hydrogen (secondary N) is 1. The summed E-state index contributed by atoms with van der Waals surface area (Å²) in [6.45, 7) is 5.87. The van der Waals surface area contributed by atoms with Crippen molar-refractivity contribution in [2.24, 2.45) is 11.7 Å². The first kappa shape index (κ1) is 21.2. The maximum absolute atomic E-state index is 12.1. The molecule has 3 N–H and O–H groups in total. The molecule has 1 aromatic carbocycles.